The Balaban J connectivity index is 0.000000720. The third-order valence-electron chi connectivity index (χ3n) is 1.50. The van der Waals surface area contributed by atoms with Crippen molar-refractivity contribution in [1.82, 2.24) is 14.6 Å². The van der Waals surface area contributed by atoms with E-state index < -0.39 is 0 Å². The van der Waals surface area contributed by atoms with Gasteiger partial charge in [-0.15, -0.1) is 6.20 Å². The summed E-state index contributed by atoms with van der Waals surface area (Å²) >= 11 is 0. The van der Waals surface area contributed by atoms with Crippen LogP contribution < -0.4 is 0 Å². The maximum absolute atomic E-state index is 4.20. The van der Waals surface area contributed by atoms with Crippen LogP contribution in [-0.4, -0.2) is 14.6 Å². The van der Waals surface area contributed by atoms with Crippen LogP contribution in [0.25, 0.3) is 5.65 Å². The van der Waals surface area contributed by atoms with E-state index >= 15 is 0 Å². The van der Waals surface area contributed by atoms with Crippen molar-refractivity contribution >= 4 is 5.65 Å². The second kappa shape index (κ2) is 3.63. The summed E-state index contributed by atoms with van der Waals surface area (Å²) in [5.74, 6) is 0. The topological polar surface area (TPSA) is 30.2 Å². The molecule has 0 saturated carbocycles. The number of rotatable bonds is 0. The van der Waals surface area contributed by atoms with Crippen LogP contribution in [0.1, 0.15) is 11.4 Å². The molecule has 0 N–H and O–H groups in total. The molecule has 0 aromatic carbocycles. The zero-order valence-corrected chi connectivity index (χ0v) is 9.91. The number of aromatic nitrogens is 3. The van der Waals surface area contributed by atoms with Crippen LogP contribution in [-0.2, 0) is 32.7 Å². The molecule has 0 atom stereocenters. The third kappa shape index (κ3) is 1.72. The van der Waals surface area contributed by atoms with Gasteiger partial charge in [0.2, 0.25) is 0 Å². The number of hydrogen-bond acceptors (Lipinski definition) is 2. The van der Waals surface area contributed by atoms with Gasteiger partial charge in [0.25, 0.3) is 0 Å². The van der Waals surface area contributed by atoms with Crippen LogP contribution in [0, 0.1) is 20.0 Å². The van der Waals surface area contributed by atoms with E-state index in [1.54, 1.807) is 4.52 Å². The van der Waals surface area contributed by atoms with Gasteiger partial charge in [0.05, 0.1) is 5.69 Å². The fraction of sp³-hybridized carbons (Fsp3) is 0.250. The van der Waals surface area contributed by atoms with Gasteiger partial charge in [0.15, 0.2) is 0 Å². The minimum absolute atomic E-state index is 0. The molecule has 0 aliphatic rings. The molecule has 2 heterocycles. The zero-order valence-electron chi connectivity index (χ0n) is 7.07. The molecule has 0 saturated heterocycles. The summed E-state index contributed by atoms with van der Waals surface area (Å²) < 4.78 is 1.67. The molecular formula is C8H8N3Y-. The Kier molecular flexibility index (Phi) is 2.96. The average molecular weight is 235 g/mol. The standard InChI is InChI=1S/C8H8N3.Y/c1-6-3-4-8-9-7(2)5-11(8)10-6;/h3-4H,1-2H3;/q-1;. The normalized spacial score (nSPS) is 9.83. The maximum atomic E-state index is 4.20. The van der Waals surface area contributed by atoms with Gasteiger partial charge in [-0.2, -0.15) is 0 Å². The van der Waals surface area contributed by atoms with Crippen LogP contribution in [0.3, 0.4) is 0 Å². The molecule has 12 heavy (non-hydrogen) atoms. The molecule has 0 spiro atoms. The quantitative estimate of drug-likeness (QED) is 0.641. The Hall–Kier alpha value is -0.276. The summed E-state index contributed by atoms with van der Waals surface area (Å²) in [5.41, 5.74) is 2.71. The van der Waals surface area contributed by atoms with E-state index in [9.17, 15) is 0 Å². The molecule has 0 aliphatic carbocycles. The Bertz CT molecular complexity index is 394. The van der Waals surface area contributed by atoms with Crippen LogP contribution in [0.4, 0.5) is 0 Å². The van der Waals surface area contributed by atoms with Crippen LogP contribution in [0.5, 0.6) is 0 Å². The monoisotopic (exact) mass is 235 g/mol. The Labute approximate surface area is 96.1 Å². The first-order valence-corrected chi connectivity index (χ1v) is 3.48. The summed E-state index contributed by atoms with van der Waals surface area (Å²) in [6.45, 7) is 3.85. The number of hydrogen-bond donors (Lipinski definition) is 0. The van der Waals surface area contributed by atoms with E-state index in [0.717, 1.165) is 17.0 Å². The summed E-state index contributed by atoms with van der Waals surface area (Å²) in [6, 6.07) is 3.88. The van der Waals surface area contributed by atoms with Gasteiger partial charge in [-0.25, -0.2) is 5.10 Å². The van der Waals surface area contributed by atoms with Crippen molar-refractivity contribution in [3.63, 3.8) is 0 Å². The minimum atomic E-state index is 0. The summed E-state index contributed by atoms with van der Waals surface area (Å²) in [4.78, 5) is 4.20. The first-order chi connectivity index (χ1) is 5.25. The van der Waals surface area contributed by atoms with Crippen LogP contribution in [0.15, 0.2) is 12.1 Å². The number of nitrogens with zero attached hydrogens (tertiary/aromatic N) is 3. The molecule has 4 heteroatoms. The van der Waals surface area contributed by atoms with Gasteiger partial charge < -0.3 is 9.50 Å². The molecule has 0 unspecified atom stereocenters. The molecule has 2 rings (SSSR count). The van der Waals surface area contributed by atoms with Crippen LogP contribution in [0.2, 0.25) is 0 Å². The molecule has 0 aliphatic heterocycles. The first kappa shape index (κ1) is 9.81. The van der Waals surface area contributed by atoms with Gasteiger partial charge >= 0.3 is 0 Å². The fourth-order valence-electron chi connectivity index (χ4n) is 1.03. The van der Waals surface area contributed by atoms with Gasteiger partial charge in [0, 0.05) is 32.7 Å². The first-order valence-electron chi connectivity index (χ1n) is 3.48. The van der Waals surface area contributed by atoms with Gasteiger partial charge in [-0.05, 0) is 19.5 Å². The summed E-state index contributed by atoms with van der Waals surface area (Å²) in [7, 11) is 0. The fourth-order valence-corrected chi connectivity index (χ4v) is 1.03. The van der Waals surface area contributed by atoms with E-state index in [4.69, 9.17) is 0 Å². The second-order valence-electron chi connectivity index (χ2n) is 2.55. The van der Waals surface area contributed by atoms with Crippen molar-refractivity contribution in [3.8, 4) is 0 Å². The summed E-state index contributed by atoms with van der Waals surface area (Å²) in [6.07, 6.45) is 2.99. The smallest absolute Gasteiger partial charge is 0.0535 e. The predicted octanol–water partition coefficient (Wildman–Crippen LogP) is 1.14. The van der Waals surface area contributed by atoms with Crippen LogP contribution >= 0.6 is 0 Å². The van der Waals surface area contributed by atoms with Crippen molar-refractivity contribution in [2.75, 3.05) is 0 Å². The molecule has 59 valence electrons. The van der Waals surface area contributed by atoms with Gasteiger partial charge in [0.1, 0.15) is 0 Å². The molecule has 0 bridgehead atoms. The van der Waals surface area contributed by atoms with Crippen molar-refractivity contribution in [1.29, 1.82) is 0 Å². The molecule has 2 aromatic rings. The molecule has 0 fully saturated rings. The molecule has 2 aromatic heterocycles. The second-order valence-corrected chi connectivity index (χ2v) is 2.55. The largest absolute Gasteiger partial charge is 0.386 e. The Morgan fingerprint density at radius 2 is 2.08 bits per heavy atom. The van der Waals surface area contributed by atoms with Crippen molar-refractivity contribution in [3.05, 3.63) is 29.7 Å². The van der Waals surface area contributed by atoms with Gasteiger partial charge in [-0.3, -0.25) is 0 Å². The van der Waals surface area contributed by atoms with E-state index in [-0.39, 0.29) is 32.7 Å². The number of aryl methyl sites for hydroxylation is 2. The molecule has 3 nitrogen and oxygen atoms in total. The Morgan fingerprint density at radius 3 is 2.83 bits per heavy atom. The average Bonchev–Trinajstić information content (AvgIpc) is 2.27. The van der Waals surface area contributed by atoms with E-state index in [1.165, 1.54) is 0 Å². The maximum Gasteiger partial charge on any atom is 0.0535 e. The number of fused-ring (bicyclic) bond motifs is 1. The Morgan fingerprint density at radius 1 is 1.33 bits per heavy atom. The minimum Gasteiger partial charge on any atom is -0.386 e. The number of imidazole rings is 1. The van der Waals surface area contributed by atoms with E-state index in [2.05, 4.69) is 16.3 Å². The van der Waals surface area contributed by atoms with Crippen molar-refractivity contribution in [2.45, 2.75) is 13.8 Å². The molecule has 1 radical (unpaired) electrons. The third-order valence-corrected chi connectivity index (χ3v) is 1.50. The van der Waals surface area contributed by atoms with Crippen molar-refractivity contribution in [2.24, 2.45) is 0 Å². The van der Waals surface area contributed by atoms with Crippen molar-refractivity contribution < 1.29 is 32.7 Å². The van der Waals surface area contributed by atoms with E-state index in [0.29, 0.717) is 0 Å². The zero-order chi connectivity index (χ0) is 7.84. The van der Waals surface area contributed by atoms with Gasteiger partial charge in [-0.1, -0.05) is 17.8 Å². The summed E-state index contributed by atoms with van der Waals surface area (Å²) in [5, 5.41) is 4.20. The molecular weight excluding hydrogens is 227 g/mol. The molecule has 0 amide bonds. The predicted molar refractivity (Wildman–Crippen MR) is 41.3 cm³/mol. The van der Waals surface area contributed by atoms with E-state index in [1.807, 2.05) is 26.0 Å². The SMILES string of the molecule is Cc1[c-]n2nc(C)ccc2n1.[Y].